The summed E-state index contributed by atoms with van der Waals surface area (Å²) >= 11 is 0.909. The fraction of sp³-hybridized carbons (Fsp3) is 0.286. The van der Waals surface area contributed by atoms with E-state index in [-0.39, 0.29) is 4.88 Å². The topological polar surface area (TPSA) is 23.8 Å². The Kier molecular flexibility index (Phi) is 1.92. The molecule has 0 aliphatic heterocycles. The van der Waals surface area contributed by atoms with Gasteiger partial charge in [0.1, 0.15) is 6.07 Å². The third kappa shape index (κ3) is 1.38. The van der Waals surface area contributed by atoms with Crippen LogP contribution in [-0.4, -0.2) is 0 Å². The molecule has 0 fully saturated rings. The van der Waals surface area contributed by atoms with Gasteiger partial charge < -0.3 is 0 Å². The predicted molar refractivity (Wildman–Crippen MR) is 38.6 cm³/mol. The van der Waals surface area contributed by atoms with E-state index in [9.17, 15) is 8.78 Å². The van der Waals surface area contributed by atoms with Crippen LogP contribution in [0.1, 0.15) is 10.4 Å². The Morgan fingerprint density at radius 3 is 2.64 bits per heavy atom. The number of nitrogens with zero attached hydrogens (tertiary/aromatic N) is 1. The molecule has 1 rings (SSSR count). The zero-order valence-corrected chi connectivity index (χ0v) is 6.58. The second-order valence-electron chi connectivity index (χ2n) is 2.12. The molecular weight excluding hydrogens is 168 g/mol. The summed E-state index contributed by atoms with van der Waals surface area (Å²) in [5.74, 6) is -3.32. The standard InChI is InChI=1S/C7H5F2NS/c1-5-2-3-11-6(5)7(8,9)4-10/h2-3H,1H3. The minimum atomic E-state index is -3.32. The van der Waals surface area contributed by atoms with Crippen molar-refractivity contribution in [3.8, 4) is 6.07 Å². The van der Waals surface area contributed by atoms with Crippen molar-refractivity contribution in [2.75, 3.05) is 0 Å². The van der Waals surface area contributed by atoms with E-state index in [0.29, 0.717) is 5.56 Å². The molecule has 0 spiro atoms. The maximum absolute atomic E-state index is 12.6. The molecule has 0 bridgehead atoms. The highest BCUT2D eigenvalue weighted by molar-refractivity contribution is 7.10. The molecule has 58 valence electrons. The van der Waals surface area contributed by atoms with Gasteiger partial charge in [-0.1, -0.05) is 0 Å². The van der Waals surface area contributed by atoms with Crippen LogP contribution in [0.25, 0.3) is 0 Å². The smallest absolute Gasteiger partial charge is 0.191 e. The number of hydrogen-bond donors (Lipinski definition) is 0. The lowest BCUT2D eigenvalue weighted by molar-refractivity contribution is 0.0648. The molecule has 1 nitrogen and oxygen atoms in total. The first-order valence-electron chi connectivity index (χ1n) is 2.91. The van der Waals surface area contributed by atoms with Gasteiger partial charge in [-0.25, -0.2) is 0 Å². The number of thiophene rings is 1. The third-order valence-corrected chi connectivity index (χ3v) is 2.37. The van der Waals surface area contributed by atoms with Crippen LogP contribution < -0.4 is 0 Å². The van der Waals surface area contributed by atoms with Crippen LogP contribution in [0.4, 0.5) is 8.78 Å². The molecule has 0 radical (unpaired) electrons. The van der Waals surface area contributed by atoms with Crippen molar-refractivity contribution in [2.24, 2.45) is 0 Å². The first kappa shape index (κ1) is 8.15. The molecule has 1 aromatic rings. The lowest BCUT2D eigenvalue weighted by Gasteiger charge is -2.04. The second kappa shape index (κ2) is 2.59. The monoisotopic (exact) mass is 173 g/mol. The Balaban J connectivity index is 3.13. The lowest BCUT2D eigenvalue weighted by Crippen LogP contribution is -2.08. The number of halogens is 2. The fourth-order valence-corrected chi connectivity index (χ4v) is 1.60. The first-order chi connectivity index (χ1) is 5.08. The summed E-state index contributed by atoms with van der Waals surface area (Å²) in [5, 5.41) is 9.65. The molecule has 0 aliphatic rings. The van der Waals surface area contributed by atoms with Crippen molar-refractivity contribution in [2.45, 2.75) is 12.8 Å². The fourth-order valence-electron chi connectivity index (χ4n) is 0.745. The molecule has 0 saturated heterocycles. The van der Waals surface area contributed by atoms with Crippen LogP contribution in [0.5, 0.6) is 0 Å². The Bertz CT molecular complexity index is 298. The van der Waals surface area contributed by atoms with E-state index in [0.717, 1.165) is 17.4 Å². The minimum Gasteiger partial charge on any atom is -0.191 e. The van der Waals surface area contributed by atoms with Crippen LogP contribution in [0.15, 0.2) is 11.4 Å². The second-order valence-corrected chi connectivity index (χ2v) is 3.04. The Hall–Kier alpha value is -0.950. The molecule has 0 aliphatic carbocycles. The Labute approximate surface area is 66.9 Å². The van der Waals surface area contributed by atoms with Gasteiger partial charge in [0.2, 0.25) is 0 Å². The molecule has 11 heavy (non-hydrogen) atoms. The highest BCUT2D eigenvalue weighted by atomic mass is 32.1. The van der Waals surface area contributed by atoms with Gasteiger partial charge in [0, 0.05) is 0 Å². The van der Waals surface area contributed by atoms with Crippen molar-refractivity contribution in [1.82, 2.24) is 0 Å². The molecule has 0 amide bonds. The van der Waals surface area contributed by atoms with E-state index in [4.69, 9.17) is 5.26 Å². The quantitative estimate of drug-likeness (QED) is 0.640. The van der Waals surface area contributed by atoms with Gasteiger partial charge in [-0.2, -0.15) is 14.0 Å². The summed E-state index contributed by atoms with van der Waals surface area (Å²) in [5.41, 5.74) is 0.474. The minimum absolute atomic E-state index is 0.153. The third-order valence-electron chi connectivity index (χ3n) is 1.29. The van der Waals surface area contributed by atoms with Gasteiger partial charge >= 0.3 is 5.92 Å². The van der Waals surface area contributed by atoms with Crippen LogP contribution in [0.2, 0.25) is 0 Å². The van der Waals surface area contributed by atoms with E-state index >= 15 is 0 Å². The van der Waals surface area contributed by atoms with Gasteiger partial charge in [0.05, 0.1) is 4.88 Å². The molecule has 1 heterocycles. The predicted octanol–water partition coefficient (Wildman–Crippen LogP) is 2.67. The largest absolute Gasteiger partial charge is 0.366 e. The number of alkyl halides is 2. The van der Waals surface area contributed by atoms with E-state index in [1.54, 1.807) is 18.4 Å². The van der Waals surface area contributed by atoms with Crippen LogP contribution in [-0.2, 0) is 5.92 Å². The maximum atomic E-state index is 12.6. The summed E-state index contributed by atoms with van der Waals surface area (Å²) in [6, 6.07) is 2.54. The van der Waals surface area contributed by atoms with Gasteiger partial charge in [-0.05, 0) is 23.9 Å². The maximum Gasteiger partial charge on any atom is 0.366 e. The number of aryl methyl sites for hydroxylation is 1. The molecular formula is C7H5F2NS. The summed E-state index contributed by atoms with van der Waals surface area (Å²) in [6.07, 6.45) is 0. The lowest BCUT2D eigenvalue weighted by atomic mass is 10.2. The Morgan fingerprint density at radius 1 is 1.64 bits per heavy atom. The molecule has 0 N–H and O–H groups in total. The number of rotatable bonds is 1. The zero-order valence-electron chi connectivity index (χ0n) is 5.77. The van der Waals surface area contributed by atoms with Gasteiger partial charge in [-0.15, -0.1) is 11.3 Å². The van der Waals surface area contributed by atoms with Crippen molar-refractivity contribution in [1.29, 1.82) is 5.26 Å². The zero-order chi connectivity index (χ0) is 8.48. The van der Waals surface area contributed by atoms with E-state index in [2.05, 4.69) is 0 Å². The highest BCUT2D eigenvalue weighted by Gasteiger charge is 2.33. The summed E-state index contributed by atoms with van der Waals surface area (Å²) in [7, 11) is 0. The van der Waals surface area contributed by atoms with E-state index in [1.165, 1.54) is 0 Å². The van der Waals surface area contributed by atoms with Crippen LogP contribution in [0, 0.1) is 18.3 Å². The molecule has 4 heteroatoms. The van der Waals surface area contributed by atoms with Crippen molar-refractivity contribution < 1.29 is 8.78 Å². The van der Waals surface area contributed by atoms with Crippen LogP contribution in [0.3, 0.4) is 0 Å². The summed E-state index contributed by atoms with van der Waals surface area (Å²) in [4.78, 5) is -0.153. The molecule has 1 aromatic heterocycles. The van der Waals surface area contributed by atoms with Crippen LogP contribution >= 0.6 is 11.3 Å². The molecule has 0 unspecified atom stereocenters. The molecule has 0 aromatic carbocycles. The van der Waals surface area contributed by atoms with Gasteiger partial charge in [0.25, 0.3) is 0 Å². The van der Waals surface area contributed by atoms with Crippen molar-refractivity contribution in [3.05, 3.63) is 21.9 Å². The molecule has 0 saturated carbocycles. The highest BCUT2D eigenvalue weighted by Crippen LogP contribution is 2.33. The average molecular weight is 173 g/mol. The van der Waals surface area contributed by atoms with Crippen molar-refractivity contribution >= 4 is 11.3 Å². The Morgan fingerprint density at radius 2 is 2.27 bits per heavy atom. The first-order valence-corrected chi connectivity index (χ1v) is 3.79. The van der Waals surface area contributed by atoms with Crippen molar-refractivity contribution in [3.63, 3.8) is 0 Å². The van der Waals surface area contributed by atoms with E-state index in [1.807, 2.05) is 0 Å². The number of nitriles is 1. The summed E-state index contributed by atoms with van der Waals surface area (Å²) in [6.45, 7) is 1.57. The number of hydrogen-bond acceptors (Lipinski definition) is 2. The SMILES string of the molecule is Cc1ccsc1C(F)(F)C#N. The molecule has 0 atom stereocenters. The average Bonchev–Trinajstić information content (AvgIpc) is 2.36. The van der Waals surface area contributed by atoms with E-state index < -0.39 is 5.92 Å². The summed E-state index contributed by atoms with van der Waals surface area (Å²) < 4.78 is 25.3. The van der Waals surface area contributed by atoms with Gasteiger partial charge in [0.15, 0.2) is 0 Å². The normalized spacial score (nSPS) is 11.1. The van der Waals surface area contributed by atoms with Gasteiger partial charge in [-0.3, -0.25) is 0 Å².